The topological polar surface area (TPSA) is 85.3 Å². The summed E-state index contributed by atoms with van der Waals surface area (Å²) < 4.78 is 5.42. The summed E-state index contributed by atoms with van der Waals surface area (Å²) >= 11 is 0. The molecule has 2 aliphatic heterocycles. The highest BCUT2D eigenvalue weighted by Gasteiger charge is 2.46. The molecule has 25 heavy (non-hydrogen) atoms. The van der Waals surface area contributed by atoms with Crippen molar-refractivity contribution in [3.63, 3.8) is 0 Å². The molecule has 6 nitrogen and oxygen atoms in total. The summed E-state index contributed by atoms with van der Waals surface area (Å²) in [5.41, 5.74) is 6.56. The van der Waals surface area contributed by atoms with Crippen LogP contribution in [0.2, 0.25) is 0 Å². The molecular weight excluding hydrogens is 316 g/mol. The largest absolute Gasteiger partial charge is 0.370 e. The van der Waals surface area contributed by atoms with Crippen LogP contribution in [0, 0.1) is 0 Å². The number of benzene rings is 1. The first-order valence-electron chi connectivity index (χ1n) is 9.14. The highest BCUT2D eigenvalue weighted by atomic mass is 16.5. The maximum absolute atomic E-state index is 10.8. The van der Waals surface area contributed by atoms with Crippen molar-refractivity contribution in [2.75, 3.05) is 6.54 Å². The summed E-state index contributed by atoms with van der Waals surface area (Å²) in [6.07, 6.45) is 5.08. The third-order valence-corrected chi connectivity index (χ3v) is 5.50. The normalized spacial score (nSPS) is 26.0. The van der Waals surface area contributed by atoms with Gasteiger partial charge < -0.3 is 10.3 Å². The highest BCUT2D eigenvalue weighted by Crippen LogP contribution is 2.48. The van der Waals surface area contributed by atoms with E-state index < -0.39 is 0 Å². The van der Waals surface area contributed by atoms with Gasteiger partial charge in [0, 0.05) is 30.8 Å². The Balaban J connectivity index is 1.49. The summed E-state index contributed by atoms with van der Waals surface area (Å²) in [7, 11) is 0. The van der Waals surface area contributed by atoms with Crippen molar-refractivity contribution < 1.29 is 9.32 Å². The Labute approximate surface area is 147 Å². The third kappa shape index (κ3) is 3.31. The maximum Gasteiger partial charge on any atom is 0.226 e. The van der Waals surface area contributed by atoms with Gasteiger partial charge in [-0.15, -0.1) is 0 Å². The first-order chi connectivity index (χ1) is 12.2. The van der Waals surface area contributed by atoms with Gasteiger partial charge in [-0.05, 0) is 37.8 Å². The lowest BCUT2D eigenvalue weighted by Crippen LogP contribution is -2.27. The van der Waals surface area contributed by atoms with Gasteiger partial charge in [-0.2, -0.15) is 4.98 Å². The van der Waals surface area contributed by atoms with E-state index in [1.807, 2.05) is 0 Å². The monoisotopic (exact) mass is 340 g/mol. The van der Waals surface area contributed by atoms with E-state index in [1.54, 1.807) is 0 Å². The second-order valence-electron chi connectivity index (χ2n) is 7.08. The number of nitrogens with zero attached hydrogens (tertiary/aromatic N) is 3. The molecule has 132 valence electrons. The zero-order valence-corrected chi connectivity index (χ0v) is 14.3. The predicted molar refractivity (Wildman–Crippen MR) is 92.7 cm³/mol. The smallest absolute Gasteiger partial charge is 0.226 e. The third-order valence-electron chi connectivity index (χ3n) is 5.50. The molecule has 0 spiro atoms. The van der Waals surface area contributed by atoms with Crippen molar-refractivity contribution in [3.05, 3.63) is 47.6 Å². The summed E-state index contributed by atoms with van der Waals surface area (Å²) in [5, 5.41) is 4.26. The highest BCUT2D eigenvalue weighted by molar-refractivity contribution is 5.73. The van der Waals surface area contributed by atoms with Crippen LogP contribution in [0.1, 0.15) is 61.3 Å². The number of nitrogens with two attached hydrogens (primary N) is 1. The van der Waals surface area contributed by atoms with Crippen molar-refractivity contribution in [1.82, 2.24) is 15.0 Å². The van der Waals surface area contributed by atoms with Gasteiger partial charge in [-0.1, -0.05) is 35.5 Å². The number of rotatable bonds is 6. The number of aryl methyl sites for hydroxylation is 1. The predicted octanol–water partition coefficient (Wildman–Crippen LogP) is 2.57. The van der Waals surface area contributed by atoms with Crippen LogP contribution in [0.3, 0.4) is 0 Å². The molecule has 3 atom stereocenters. The molecule has 1 aromatic heterocycles. The average Bonchev–Trinajstić information content (AvgIpc) is 3.31. The van der Waals surface area contributed by atoms with Crippen LogP contribution in [-0.2, 0) is 11.2 Å². The molecule has 2 aromatic rings. The van der Waals surface area contributed by atoms with Crippen LogP contribution in [0.25, 0.3) is 0 Å². The number of amides is 1. The van der Waals surface area contributed by atoms with Crippen molar-refractivity contribution in [2.45, 2.75) is 56.5 Å². The number of aromatic nitrogens is 2. The molecule has 0 aliphatic carbocycles. The Morgan fingerprint density at radius 1 is 1.32 bits per heavy atom. The lowest BCUT2D eigenvalue weighted by atomic mass is 9.94. The number of carbonyl (C=O) groups is 1. The molecule has 2 N–H and O–H groups in total. The van der Waals surface area contributed by atoms with Gasteiger partial charge in [0.25, 0.3) is 0 Å². The summed E-state index contributed by atoms with van der Waals surface area (Å²) in [6, 6.07) is 11.7. The maximum atomic E-state index is 10.8. The van der Waals surface area contributed by atoms with Crippen LogP contribution < -0.4 is 5.73 Å². The van der Waals surface area contributed by atoms with Gasteiger partial charge in [0.15, 0.2) is 5.82 Å². The van der Waals surface area contributed by atoms with E-state index >= 15 is 0 Å². The second-order valence-corrected chi connectivity index (χ2v) is 7.08. The van der Waals surface area contributed by atoms with Crippen molar-refractivity contribution >= 4 is 5.91 Å². The molecule has 0 bridgehead atoms. The van der Waals surface area contributed by atoms with Gasteiger partial charge in [0.1, 0.15) is 0 Å². The fourth-order valence-electron chi connectivity index (χ4n) is 4.38. The molecule has 2 saturated heterocycles. The van der Waals surface area contributed by atoms with E-state index in [9.17, 15) is 4.79 Å². The lowest BCUT2D eigenvalue weighted by Gasteiger charge is -2.24. The van der Waals surface area contributed by atoms with E-state index in [0.717, 1.165) is 18.8 Å². The van der Waals surface area contributed by atoms with E-state index in [2.05, 4.69) is 45.4 Å². The Hall–Kier alpha value is -2.21. The molecule has 2 aliphatic rings. The minimum atomic E-state index is -0.289. The molecule has 1 aromatic carbocycles. The number of primary amides is 1. The first-order valence-corrected chi connectivity index (χ1v) is 9.14. The molecule has 2 fully saturated rings. The van der Waals surface area contributed by atoms with Crippen LogP contribution in [0.15, 0.2) is 34.9 Å². The van der Waals surface area contributed by atoms with Gasteiger partial charge >= 0.3 is 0 Å². The SMILES string of the molecule is NC(=O)CCCc1nc([C@H]2C[C@@H](c3ccccc3)N3CCC[C@H]23)no1. The first kappa shape index (κ1) is 16.3. The summed E-state index contributed by atoms with van der Waals surface area (Å²) in [4.78, 5) is 18.1. The molecular formula is C19H24N4O2. The standard InChI is InChI=1S/C19H24N4O2/c20-17(24)9-4-10-18-21-19(22-25-18)14-12-16(13-6-2-1-3-7-13)23-11-5-8-15(14)23/h1-3,6-7,14-16H,4-5,8-12H2,(H2,20,24)/t14-,15+,16-/m0/s1. The van der Waals surface area contributed by atoms with Gasteiger partial charge in [0.2, 0.25) is 11.8 Å². The van der Waals surface area contributed by atoms with Gasteiger partial charge in [0.05, 0.1) is 0 Å². The Morgan fingerprint density at radius 3 is 2.96 bits per heavy atom. The van der Waals surface area contributed by atoms with E-state index in [1.165, 1.54) is 18.4 Å². The zero-order chi connectivity index (χ0) is 17.2. The van der Waals surface area contributed by atoms with Gasteiger partial charge in [-0.25, -0.2) is 0 Å². The van der Waals surface area contributed by atoms with Gasteiger partial charge in [-0.3, -0.25) is 9.69 Å². The molecule has 1 amide bonds. The van der Waals surface area contributed by atoms with Crippen LogP contribution in [-0.4, -0.2) is 33.5 Å². The number of hydrogen-bond donors (Lipinski definition) is 1. The number of hydrogen-bond acceptors (Lipinski definition) is 5. The second kappa shape index (κ2) is 6.96. The van der Waals surface area contributed by atoms with E-state index in [-0.39, 0.29) is 5.91 Å². The van der Waals surface area contributed by atoms with Crippen LogP contribution in [0.4, 0.5) is 0 Å². The Morgan fingerprint density at radius 2 is 2.16 bits per heavy atom. The summed E-state index contributed by atoms with van der Waals surface area (Å²) in [6.45, 7) is 1.14. The molecule has 4 rings (SSSR count). The minimum Gasteiger partial charge on any atom is -0.370 e. The quantitative estimate of drug-likeness (QED) is 0.873. The molecule has 6 heteroatoms. The minimum absolute atomic E-state index is 0.289. The molecule has 0 saturated carbocycles. The lowest BCUT2D eigenvalue weighted by molar-refractivity contribution is -0.118. The van der Waals surface area contributed by atoms with E-state index in [4.69, 9.17) is 10.3 Å². The fraction of sp³-hybridized carbons (Fsp3) is 0.526. The number of carbonyl (C=O) groups excluding carboxylic acids is 1. The van der Waals surface area contributed by atoms with Crippen LogP contribution in [0.5, 0.6) is 0 Å². The Kier molecular flexibility index (Phi) is 4.53. The molecule has 0 radical (unpaired) electrons. The summed E-state index contributed by atoms with van der Waals surface area (Å²) in [5.74, 6) is 1.47. The van der Waals surface area contributed by atoms with Crippen LogP contribution >= 0.6 is 0 Å². The molecule has 3 heterocycles. The van der Waals surface area contributed by atoms with Crippen molar-refractivity contribution in [1.29, 1.82) is 0 Å². The van der Waals surface area contributed by atoms with Crippen molar-refractivity contribution in [2.24, 2.45) is 5.73 Å². The van der Waals surface area contributed by atoms with E-state index in [0.29, 0.717) is 43.2 Å². The average molecular weight is 340 g/mol. The Bertz CT molecular complexity index is 730. The zero-order valence-electron chi connectivity index (χ0n) is 14.3. The number of fused-ring (bicyclic) bond motifs is 1. The van der Waals surface area contributed by atoms with Crippen molar-refractivity contribution in [3.8, 4) is 0 Å². The fourth-order valence-corrected chi connectivity index (χ4v) is 4.38. The molecule has 0 unspecified atom stereocenters.